The minimum atomic E-state index is -0.407. The Hall–Kier alpha value is -2.67. The van der Waals surface area contributed by atoms with E-state index in [-0.39, 0.29) is 11.3 Å². The predicted molar refractivity (Wildman–Crippen MR) is 149 cm³/mol. The van der Waals surface area contributed by atoms with Gasteiger partial charge >= 0.3 is 0 Å². The Labute approximate surface area is 218 Å². The number of hydrogen-bond acceptors (Lipinski definition) is 6. The normalized spacial score (nSPS) is 12.2. The molecular formula is C29H41N3O3S. The number of nitrogen functional groups attached to an aromatic ring is 1. The smallest absolute Gasteiger partial charge is 0.250 e. The van der Waals surface area contributed by atoms with Gasteiger partial charge in [-0.15, -0.1) is 11.3 Å². The standard InChI is InChI=1S/C29H41N3O3S/c1-3-4-5-6-7-8-9-10-11-12-13-14-16-23(27(34)22-18-19-32(2)25(33)21-22)28-26(31-29(30)36-28)24-17-15-20-35-24/h15,17-21,23H,3-14,16H2,1-2H3,(H2,30,31). The predicted octanol–water partition coefficient (Wildman–Crippen LogP) is 7.74. The molecule has 3 heterocycles. The molecule has 196 valence electrons. The first-order valence-electron chi connectivity index (χ1n) is 13.5. The first kappa shape index (κ1) is 27.9. The number of aromatic nitrogens is 2. The summed E-state index contributed by atoms with van der Waals surface area (Å²) in [4.78, 5) is 31.1. The highest BCUT2D eigenvalue weighted by Crippen LogP contribution is 2.39. The number of nitrogens with zero attached hydrogens (tertiary/aromatic N) is 2. The molecule has 0 saturated carbocycles. The van der Waals surface area contributed by atoms with Crippen LogP contribution < -0.4 is 11.3 Å². The largest absolute Gasteiger partial charge is 0.463 e. The van der Waals surface area contributed by atoms with Gasteiger partial charge in [-0.1, -0.05) is 84.0 Å². The van der Waals surface area contributed by atoms with Crippen molar-refractivity contribution in [2.45, 2.75) is 96.3 Å². The van der Waals surface area contributed by atoms with Crippen LogP contribution in [0, 0.1) is 0 Å². The number of unbranched alkanes of at least 4 members (excludes halogenated alkanes) is 11. The minimum Gasteiger partial charge on any atom is -0.463 e. The lowest BCUT2D eigenvalue weighted by molar-refractivity contribution is 0.0955. The van der Waals surface area contributed by atoms with E-state index in [0.717, 1.165) is 17.7 Å². The van der Waals surface area contributed by atoms with Crippen molar-refractivity contribution < 1.29 is 9.21 Å². The van der Waals surface area contributed by atoms with E-state index in [1.54, 1.807) is 31.6 Å². The van der Waals surface area contributed by atoms with Crippen LogP contribution in [-0.4, -0.2) is 15.3 Å². The molecule has 0 radical (unpaired) electrons. The van der Waals surface area contributed by atoms with Crippen LogP contribution in [0.5, 0.6) is 0 Å². The molecule has 0 aliphatic rings. The van der Waals surface area contributed by atoms with Gasteiger partial charge in [-0.2, -0.15) is 0 Å². The van der Waals surface area contributed by atoms with Gasteiger partial charge in [0.15, 0.2) is 16.7 Å². The number of hydrogen-bond donors (Lipinski definition) is 1. The molecule has 0 aromatic carbocycles. The van der Waals surface area contributed by atoms with Crippen molar-refractivity contribution in [2.75, 3.05) is 5.73 Å². The number of carbonyl (C=O) groups is 1. The summed E-state index contributed by atoms with van der Waals surface area (Å²) in [6, 6.07) is 6.78. The van der Waals surface area contributed by atoms with Crippen LogP contribution in [0.2, 0.25) is 0 Å². The van der Waals surface area contributed by atoms with E-state index < -0.39 is 5.92 Å². The van der Waals surface area contributed by atoms with Crippen molar-refractivity contribution in [1.29, 1.82) is 0 Å². The summed E-state index contributed by atoms with van der Waals surface area (Å²) in [5.41, 5.74) is 6.94. The molecule has 0 aliphatic carbocycles. The Morgan fingerprint density at radius 2 is 1.67 bits per heavy atom. The van der Waals surface area contributed by atoms with E-state index in [2.05, 4.69) is 11.9 Å². The molecule has 7 heteroatoms. The maximum absolute atomic E-state index is 13.6. The molecule has 1 unspecified atom stereocenters. The first-order chi connectivity index (χ1) is 17.5. The molecule has 3 aromatic rings. The SMILES string of the molecule is CCCCCCCCCCCCCCC(C(=O)c1ccn(C)c(=O)c1)c1sc(N)nc1-c1ccco1. The molecule has 36 heavy (non-hydrogen) atoms. The topological polar surface area (TPSA) is 91.1 Å². The van der Waals surface area contributed by atoms with Crippen molar-refractivity contribution >= 4 is 22.3 Å². The van der Waals surface area contributed by atoms with Gasteiger partial charge in [0, 0.05) is 29.8 Å². The highest BCUT2D eigenvalue weighted by molar-refractivity contribution is 7.16. The number of carbonyl (C=O) groups excluding carboxylic acids is 1. The lowest BCUT2D eigenvalue weighted by Crippen LogP contribution is -2.20. The highest BCUT2D eigenvalue weighted by atomic mass is 32.1. The fourth-order valence-corrected chi connectivity index (χ4v) is 5.62. The van der Waals surface area contributed by atoms with Gasteiger partial charge in [0.2, 0.25) is 0 Å². The Morgan fingerprint density at radius 3 is 2.25 bits per heavy atom. The molecule has 0 fully saturated rings. The maximum atomic E-state index is 13.6. The molecule has 0 amide bonds. The second kappa shape index (κ2) is 14.8. The van der Waals surface area contributed by atoms with Gasteiger partial charge in [0.1, 0.15) is 5.69 Å². The van der Waals surface area contributed by atoms with Gasteiger partial charge in [-0.3, -0.25) is 9.59 Å². The molecule has 2 N–H and O–H groups in total. The summed E-state index contributed by atoms with van der Waals surface area (Å²) in [5.74, 6) is 0.136. The fourth-order valence-electron chi connectivity index (χ4n) is 4.65. The van der Waals surface area contributed by atoms with Crippen molar-refractivity contribution in [2.24, 2.45) is 7.05 Å². The molecule has 0 aliphatic heterocycles. The van der Waals surface area contributed by atoms with Gasteiger partial charge in [-0.05, 0) is 24.6 Å². The number of ketones is 1. The number of thiazole rings is 1. The Balaban J connectivity index is 1.59. The zero-order chi connectivity index (χ0) is 25.8. The molecule has 0 spiro atoms. The van der Waals surface area contributed by atoms with Gasteiger partial charge in [-0.25, -0.2) is 4.98 Å². The van der Waals surface area contributed by atoms with Crippen LogP contribution in [0.3, 0.4) is 0 Å². The molecule has 3 aromatic heterocycles. The number of furan rings is 1. The van der Waals surface area contributed by atoms with E-state index in [9.17, 15) is 9.59 Å². The molecule has 6 nitrogen and oxygen atoms in total. The monoisotopic (exact) mass is 511 g/mol. The average molecular weight is 512 g/mol. The Bertz CT molecular complexity index is 1120. The zero-order valence-corrected chi connectivity index (χ0v) is 22.7. The van der Waals surface area contributed by atoms with E-state index in [4.69, 9.17) is 10.2 Å². The number of rotatable bonds is 17. The summed E-state index contributed by atoms with van der Waals surface area (Å²) in [7, 11) is 1.68. The molecule has 0 saturated heterocycles. The van der Waals surface area contributed by atoms with Crippen LogP contribution in [0.25, 0.3) is 11.5 Å². The van der Waals surface area contributed by atoms with Crippen LogP contribution in [0.4, 0.5) is 5.13 Å². The molecular weight excluding hydrogens is 470 g/mol. The number of aryl methyl sites for hydroxylation is 1. The second-order valence-corrected chi connectivity index (χ2v) is 10.8. The third-order valence-electron chi connectivity index (χ3n) is 6.79. The second-order valence-electron chi connectivity index (χ2n) is 9.70. The van der Waals surface area contributed by atoms with Crippen molar-refractivity contribution in [3.05, 3.63) is 57.5 Å². The average Bonchev–Trinajstić information content (AvgIpc) is 3.53. The number of Topliss-reactive ketones (excluding diaryl/α,β-unsaturated/α-hetero) is 1. The van der Waals surface area contributed by atoms with Crippen molar-refractivity contribution in [3.63, 3.8) is 0 Å². The number of nitrogens with two attached hydrogens (primary N) is 1. The first-order valence-corrected chi connectivity index (χ1v) is 14.3. The summed E-state index contributed by atoms with van der Waals surface area (Å²) in [6.45, 7) is 2.26. The van der Waals surface area contributed by atoms with Gasteiger partial charge < -0.3 is 14.7 Å². The number of anilines is 1. The summed E-state index contributed by atoms with van der Waals surface area (Å²) < 4.78 is 7.05. The van der Waals surface area contributed by atoms with E-state index in [1.165, 1.54) is 86.2 Å². The summed E-state index contributed by atoms with van der Waals surface area (Å²) >= 11 is 1.34. The van der Waals surface area contributed by atoms with E-state index in [0.29, 0.717) is 28.6 Å². The fraction of sp³-hybridized carbons (Fsp3) is 0.552. The lowest BCUT2D eigenvalue weighted by Gasteiger charge is -2.16. The molecule has 0 bridgehead atoms. The van der Waals surface area contributed by atoms with Gasteiger partial charge in [0.25, 0.3) is 5.56 Å². The Kier molecular flexibility index (Phi) is 11.5. The number of pyridine rings is 1. The van der Waals surface area contributed by atoms with E-state index in [1.807, 2.05) is 6.07 Å². The van der Waals surface area contributed by atoms with Crippen LogP contribution in [0.15, 0.2) is 45.9 Å². The zero-order valence-electron chi connectivity index (χ0n) is 21.8. The quantitative estimate of drug-likeness (QED) is 0.148. The third-order valence-corrected chi connectivity index (χ3v) is 7.79. The summed E-state index contributed by atoms with van der Waals surface area (Å²) in [5, 5.41) is 0.410. The maximum Gasteiger partial charge on any atom is 0.250 e. The van der Waals surface area contributed by atoms with Gasteiger partial charge in [0.05, 0.1) is 12.2 Å². The van der Waals surface area contributed by atoms with Crippen molar-refractivity contribution in [1.82, 2.24) is 9.55 Å². The van der Waals surface area contributed by atoms with Crippen LogP contribution in [-0.2, 0) is 7.05 Å². The lowest BCUT2D eigenvalue weighted by atomic mass is 9.90. The highest BCUT2D eigenvalue weighted by Gasteiger charge is 2.29. The molecule has 1 atom stereocenters. The van der Waals surface area contributed by atoms with Crippen LogP contribution >= 0.6 is 11.3 Å². The molecule has 3 rings (SSSR count). The minimum absolute atomic E-state index is 0.0628. The van der Waals surface area contributed by atoms with Crippen molar-refractivity contribution in [3.8, 4) is 11.5 Å². The summed E-state index contributed by atoms with van der Waals surface area (Å²) in [6.07, 6.45) is 19.1. The Morgan fingerprint density at radius 1 is 1.03 bits per heavy atom. The van der Waals surface area contributed by atoms with Crippen LogP contribution in [0.1, 0.15) is 112 Å². The third kappa shape index (κ3) is 8.19. The van der Waals surface area contributed by atoms with E-state index >= 15 is 0 Å².